The van der Waals surface area contributed by atoms with E-state index in [1.165, 1.54) is 22.3 Å². The summed E-state index contributed by atoms with van der Waals surface area (Å²) in [5.41, 5.74) is 5.07. The molecule has 0 fully saturated rings. The second-order valence-electron chi connectivity index (χ2n) is 7.44. The number of ether oxygens (including phenoxy) is 1. The van der Waals surface area contributed by atoms with E-state index in [0.29, 0.717) is 6.54 Å². The quantitative estimate of drug-likeness (QED) is 0.264. The van der Waals surface area contributed by atoms with Gasteiger partial charge < -0.3 is 15.4 Å². The van der Waals surface area contributed by atoms with E-state index < -0.39 is 0 Å². The molecule has 0 radical (unpaired) electrons. The van der Waals surface area contributed by atoms with E-state index in [1.807, 2.05) is 16.9 Å². The number of benzene rings is 2. The smallest absolute Gasteiger partial charge is 0.191 e. The Hall–Kier alpha value is -2.55. The summed E-state index contributed by atoms with van der Waals surface area (Å²) in [6.45, 7) is 5.97. The first-order valence-corrected chi connectivity index (χ1v) is 10.6. The number of guanidine groups is 1. The lowest BCUT2D eigenvalue weighted by atomic mass is 10.1. The summed E-state index contributed by atoms with van der Waals surface area (Å²) in [6.07, 6.45) is 5.75. The van der Waals surface area contributed by atoms with Crippen molar-refractivity contribution in [3.63, 3.8) is 0 Å². The molecule has 0 saturated heterocycles. The maximum Gasteiger partial charge on any atom is 0.191 e. The molecule has 1 aromatic heterocycles. The van der Waals surface area contributed by atoms with Crippen molar-refractivity contribution in [1.29, 1.82) is 0 Å². The molecule has 7 heteroatoms. The zero-order valence-corrected chi connectivity index (χ0v) is 20.2. The van der Waals surface area contributed by atoms with Crippen LogP contribution in [0.5, 0.6) is 5.75 Å². The Morgan fingerprint density at radius 2 is 2.00 bits per heavy atom. The Kier molecular flexibility index (Phi) is 8.75. The molecule has 1 aliphatic heterocycles. The molecule has 0 spiro atoms. The standard InChI is InChI=1S/C24H29N5O.HI/c1-2-25-24(26-12-9-19-7-8-23-22(16-19)10-14-30-23)27-17-20-5-3-6-21(15-20)18-29-13-4-11-28-29;/h3-8,11,13,15-16H,2,9-10,12,14,17-18H2,1H3,(H2,25,26,27);1H. The van der Waals surface area contributed by atoms with Crippen LogP contribution in [-0.2, 0) is 25.9 Å². The molecule has 0 unspecified atom stereocenters. The Bertz CT molecular complexity index is 987. The maximum atomic E-state index is 5.59. The number of rotatable bonds is 8. The van der Waals surface area contributed by atoms with Crippen molar-refractivity contribution in [2.45, 2.75) is 32.9 Å². The predicted octanol–water partition coefficient (Wildman–Crippen LogP) is 3.78. The van der Waals surface area contributed by atoms with Gasteiger partial charge in [0, 0.05) is 31.9 Å². The number of hydrogen-bond donors (Lipinski definition) is 2. The van der Waals surface area contributed by atoms with E-state index in [4.69, 9.17) is 9.73 Å². The van der Waals surface area contributed by atoms with Gasteiger partial charge in [-0.1, -0.05) is 36.4 Å². The number of hydrogen-bond acceptors (Lipinski definition) is 3. The highest BCUT2D eigenvalue weighted by molar-refractivity contribution is 14.0. The van der Waals surface area contributed by atoms with Gasteiger partial charge in [0.1, 0.15) is 5.75 Å². The summed E-state index contributed by atoms with van der Waals surface area (Å²) in [5, 5.41) is 11.1. The zero-order chi connectivity index (χ0) is 20.6. The van der Waals surface area contributed by atoms with E-state index in [0.717, 1.165) is 50.8 Å². The summed E-state index contributed by atoms with van der Waals surface area (Å²) in [7, 11) is 0. The van der Waals surface area contributed by atoms with Gasteiger partial charge in [-0.2, -0.15) is 5.10 Å². The minimum Gasteiger partial charge on any atom is -0.493 e. The zero-order valence-electron chi connectivity index (χ0n) is 17.9. The molecular weight excluding hydrogens is 501 g/mol. The number of aromatic nitrogens is 2. The van der Waals surface area contributed by atoms with E-state index in [2.05, 4.69) is 65.1 Å². The molecule has 0 saturated carbocycles. The lowest BCUT2D eigenvalue weighted by molar-refractivity contribution is 0.357. The number of nitrogens with one attached hydrogen (secondary N) is 2. The number of aliphatic imine (C=N–C) groups is 1. The predicted molar refractivity (Wildman–Crippen MR) is 135 cm³/mol. The van der Waals surface area contributed by atoms with Crippen molar-refractivity contribution in [2.24, 2.45) is 4.99 Å². The van der Waals surface area contributed by atoms with Crippen LogP contribution in [0.4, 0.5) is 0 Å². The van der Waals surface area contributed by atoms with Gasteiger partial charge in [-0.25, -0.2) is 4.99 Å². The summed E-state index contributed by atoms with van der Waals surface area (Å²) in [5.74, 6) is 1.89. The van der Waals surface area contributed by atoms with Crippen LogP contribution in [0.15, 0.2) is 65.9 Å². The van der Waals surface area contributed by atoms with Crippen LogP contribution in [0, 0.1) is 0 Å². The molecule has 2 aromatic carbocycles. The molecule has 6 nitrogen and oxygen atoms in total. The van der Waals surface area contributed by atoms with Crippen LogP contribution < -0.4 is 15.4 Å². The normalized spacial score (nSPS) is 12.6. The van der Waals surface area contributed by atoms with Gasteiger partial charge >= 0.3 is 0 Å². The third-order valence-corrected chi connectivity index (χ3v) is 5.12. The molecule has 0 aliphatic carbocycles. The monoisotopic (exact) mass is 531 g/mol. The third kappa shape index (κ3) is 6.72. The van der Waals surface area contributed by atoms with Crippen molar-refractivity contribution in [3.05, 3.63) is 83.2 Å². The second kappa shape index (κ2) is 11.7. The van der Waals surface area contributed by atoms with Gasteiger partial charge in [-0.3, -0.25) is 4.68 Å². The van der Waals surface area contributed by atoms with Crippen LogP contribution in [0.2, 0.25) is 0 Å². The van der Waals surface area contributed by atoms with Gasteiger partial charge in [0.25, 0.3) is 0 Å². The third-order valence-electron chi connectivity index (χ3n) is 5.12. The van der Waals surface area contributed by atoms with Crippen molar-refractivity contribution in [3.8, 4) is 5.75 Å². The fourth-order valence-electron chi connectivity index (χ4n) is 3.64. The largest absolute Gasteiger partial charge is 0.493 e. The number of fused-ring (bicyclic) bond motifs is 1. The van der Waals surface area contributed by atoms with Crippen molar-refractivity contribution in [2.75, 3.05) is 19.7 Å². The Balaban J connectivity index is 0.00000272. The first kappa shape index (κ1) is 23.1. The molecule has 0 atom stereocenters. The summed E-state index contributed by atoms with van der Waals surface area (Å²) in [4.78, 5) is 4.76. The molecule has 1 aliphatic rings. The molecule has 164 valence electrons. The van der Waals surface area contributed by atoms with Crippen LogP contribution in [0.1, 0.15) is 29.2 Å². The van der Waals surface area contributed by atoms with Crippen LogP contribution >= 0.6 is 24.0 Å². The topological polar surface area (TPSA) is 63.5 Å². The second-order valence-corrected chi connectivity index (χ2v) is 7.44. The van der Waals surface area contributed by atoms with Crippen LogP contribution in [0.25, 0.3) is 0 Å². The molecule has 3 aromatic rings. The molecular formula is C24H30IN5O. The van der Waals surface area contributed by atoms with Crippen LogP contribution in [0.3, 0.4) is 0 Å². The van der Waals surface area contributed by atoms with Gasteiger partial charge in [-0.15, -0.1) is 24.0 Å². The highest BCUT2D eigenvalue weighted by Gasteiger charge is 2.11. The van der Waals surface area contributed by atoms with Crippen molar-refractivity contribution < 1.29 is 4.74 Å². The molecule has 0 amide bonds. The molecule has 4 rings (SSSR count). The minimum absolute atomic E-state index is 0. The summed E-state index contributed by atoms with van der Waals surface area (Å²) >= 11 is 0. The Labute approximate surface area is 201 Å². The average Bonchev–Trinajstić information content (AvgIpc) is 3.44. The molecule has 2 heterocycles. The van der Waals surface area contributed by atoms with Gasteiger partial charge in [0.15, 0.2) is 5.96 Å². The van der Waals surface area contributed by atoms with Gasteiger partial charge in [0.2, 0.25) is 0 Å². The van der Waals surface area contributed by atoms with E-state index in [1.54, 1.807) is 6.20 Å². The average molecular weight is 531 g/mol. The minimum atomic E-state index is 0. The highest BCUT2D eigenvalue weighted by atomic mass is 127. The molecule has 0 bridgehead atoms. The fraction of sp³-hybridized carbons (Fsp3) is 0.333. The van der Waals surface area contributed by atoms with Gasteiger partial charge in [-0.05, 0) is 47.7 Å². The molecule has 2 N–H and O–H groups in total. The Morgan fingerprint density at radius 1 is 1.10 bits per heavy atom. The van der Waals surface area contributed by atoms with E-state index >= 15 is 0 Å². The number of nitrogens with zero attached hydrogens (tertiary/aromatic N) is 3. The molecule has 31 heavy (non-hydrogen) atoms. The summed E-state index contributed by atoms with van der Waals surface area (Å²) < 4.78 is 7.52. The summed E-state index contributed by atoms with van der Waals surface area (Å²) in [6, 6.07) is 17.0. The van der Waals surface area contributed by atoms with Crippen LogP contribution in [-0.4, -0.2) is 35.4 Å². The lowest BCUT2D eigenvalue weighted by Gasteiger charge is -2.12. The Morgan fingerprint density at radius 3 is 2.84 bits per heavy atom. The van der Waals surface area contributed by atoms with E-state index in [9.17, 15) is 0 Å². The maximum absolute atomic E-state index is 5.59. The highest BCUT2D eigenvalue weighted by Crippen LogP contribution is 2.25. The fourth-order valence-corrected chi connectivity index (χ4v) is 3.64. The SMILES string of the molecule is CCNC(=NCc1cccc(Cn2cccn2)c1)NCCc1ccc2c(c1)CCO2.I. The van der Waals surface area contributed by atoms with E-state index in [-0.39, 0.29) is 24.0 Å². The van der Waals surface area contributed by atoms with Crippen molar-refractivity contribution >= 4 is 29.9 Å². The van der Waals surface area contributed by atoms with Gasteiger partial charge in [0.05, 0.1) is 19.7 Å². The number of halogens is 1. The first-order chi connectivity index (χ1) is 14.8. The lowest BCUT2D eigenvalue weighted by Crippen LogP contribution is -2.38. The first-order valence-electron chi connectivity index (χ1n) is 10.6. The van der Waals surface area contributed by atoms with Crippen molar-refractivity contribution in [1.82, 2.24) is 20.4 Å².